The molecule has 0 aliphatic heterocycles. The van der Waals surface area contributed by atoms with Gasteiger partial charge in [-0.05, 0) is 30.3 Å². The first-order valence-electron chi connectivity index (χ1n) is 7.95. The number of nitrogens with one attached hydrogen (secondary N) is 2. The highest BCUT2D eigenvalue weighted by Crippen LogP contribution is 2.30. The number of carbonyl (C=O) groups is 2. The Kier molecular flexibility index (Phi) is 4.36. The molecule has 4 rings (SSSR count). The van der Waals surface area contributed by atoms with Crippen LogP contribution in [0.5, 0.6) is 0 Å². The Morgan fingerprint density at radius 3 is 2.57 bits per heavy atom. The van der Waals surface area contributed by atoms with E-state index in [0.717, 1.165) is 23.5 Å². The van der Waals surface area contributed by atoms with E-state index in [9.17, 15) is 23.2 Å². The van der Waals surface area contributed by atoms with Crippen LogP contribution in [0.15, 0.2) is 57.7 Å². The number of anilines is 1. The molecule has 3 amide bonds. The summed E-state index contributed by atoms with van der Waals surface area (Å²) in [6.45, 7) is 0. The van der Waals surface area contributed by atoms with Crippen molar-refractivity contribution in [2.24, 2.45) is 0 Å². The number of hydrogen-bond acceptors (Lipinski definition) is 5. The zero-order chi connectivity index (χ0) is 19.8. The van der Waals surface area contributed by atoms with Crippen molar-refractivity contribution in [3.8, 4) is 0 Å². The molecular weight excluding hydrogens is 390 g/mol. The predicted octanol–water partition coefficient (Wildman–Crippen LogP) is 4.25. The molecule has 0 aliphatic rings. The van der Waals surface area contributed by atoms with E-state index in [1.807, 2.05) is 5.32 Å². The number of imide groups is 1. The number of halogens is 2. The first-order valence-corrected chi connectivity index (χ1v) is 8.77. The molecule has 0 aliphatic carbocycles. The number of para-hydroxylation sites is 1. The van der Waals surface area contributed by atoms with E-state index in [-0.39, 0.29) is 16.0 Å². The quantitative estimate of drug-likeness (QED) is 0.493. The van der Waals surface area contributed by atoms with Gasteiger partial charge in [0.05, 0.1) is 20.7 Å². The van der Waals surface area contributed by atoms with Crippen molar-refractivity contribution in [1.82, 2.24) is 5.32 Å². The lowest BCUT2D eigenvalue weighted by atomic mass is 10.2. The van der Waals surface area contributed by atoms with Crippen molar-refractivity contribution in [3.63, 3.8) is 0 Å². The molecule has 2 N–H and O–H groups in total. The fourth-order valence-electron chi connectivity index (χ4n) is 2.66. The lowest BCUT2D eigenvalue weighted by Gasteiger charge is -2.06. The number of urea groups is 1. The highest BCUT2D eigenvalue weighted by molar-refractivity contribution is 7.21. The highest BCUT2D eigenvalue weighted by Gasteiger charge is 2.18. The van der Waals surface area contributed by atoms with Gasteiger partial charge in [-0.25, -0.2) is 18.4 Å². The Morgan fingerprint density at radius 2 is 1.79 bits per heavy atom. The van der Waals surface area contributed by atoms with Gasteiger partial charge in [0, 0.05) is 11.5 Å². The van der Waals surface area contributed by atoms with Crippen LogP contribution in [0.1, 0.15) is 9.67 Å². The minimum atomic E-state index is -0.996. The molecule has 0 unspecified atom stereocenters. The van der Waals surface area contributed by atoms with Gasteiger partial charge in [-0.15, -0.1) is 11.3 Å². The molecule has 0 radical (unpaired) electrons. The number of carbonyl (C=O) groups excluding carboxylic acids is 2. The van der Waals surface area contributed by atoms with Crippen molar-refractivity contribution >= 4 is 50.0 Å². The van der Waals surface area contributed by atoms with E-state index in [2.05, 4.69) is 5.32 Å². The molecule has 0 saturated carbocycles. The summed E-state index contributed by atoms with van der Waals surface area (Å²) in [6, 6.07) is 9.83. The minimum Gasteiger partial charge on any atom is -0.422 e. The average molecular weight is 400 g/mol. The lowest BCUT2D eigenvalue weighted by Crippen LogP contribution is -2.34. The maximum Gasteiger partial charge on any atom is 0.345 e. The Hall–Kier alpha value is -3.59. The van der Waals surface area contributed by atoms with Gasteiger partial charge in [0.1, 0.15) is 17.2 Å². The molecule has 0 atom stereocenters. The number of rotatable bonds is 2. The van der Waals surface area contributed by atoms with E-state index >= 15 is 0 Å². The molecule has 4 aromatic rings. The van der Waals surface area contributed by atoms with Gasteiger partial charge in [0.2, 0.25) is 0 Å². The molecule has 0 fully saturated rings. The zero-order valence-electron chi connectivity index (χ0n) is 13.9. The number of hydrogen-bond donors (Lipinski definition) is 2. The third kappa shape index (κ3) is 3.23. The van der Waals surface area contributed by atoms with Crippen LogP contribution in [0.25, 0.3) is 21.1 Å². The number of benzene rings is 2. The van der Waals surface area contributed by atoms with Crippen molar-refractivity contribution in [1.29, 1.82) is 0 Å². The van der Waals surface area contributed by atoms with Crippen LogP contribution < -0.4 is 16.3 Å². The fourth-order valence-corrected chi connectivity index (χ4v) is 3.73. The first-order chi connectivity index (χ1) is 13.4. The van der Waals surface area contributed by atoms with Gasteiger partial charge in [-0.2, -0.15) is 0 Å². The summed E-state index contributed by atoms with van der Waals surface area (Å²) in [7, 11) is 0. The summed E-state index contributed by atoms with van der Waals surface area (Å²) in [5.74, 6) is -2.55. The number of fused-ring (bicyclic) bond motifs is 3. The van der Waals surface area contributed by atoms with Gasteiger partial charge in [0.15, 0.2) is 0 Å². The van der Waals surface area contributed by atoms with Crippen LogP contribution >= 0.6 is 11.3 Å². The summed E-state index contributed by atoms with van der Waals surface area (Å²) < 4.78 is 32.3. The highest BCUT2D eigenvalue weighted by atomic mass is 32.1. The second-order valence-corrected chi connectivity index (χ2v) is 6.82. The number of thiophene rings is 1. The van der Waals surface area contributed by atoms with E-state index in [1.165, 1.54) is 6.07 Å². The Labute approximate surface area is 159 Å². The third-order valence-corrected chi connectivity index (χ3v) is 5.08. The second kappa shape index (κ2) is 6.86. The largest absolute Gasteiger partial charge is 0.422 e. The maximum atomic E-state index is 13.6. The third-order valence-electron chi connectivity index (χ3n) is 3.92. The van der Waals surface area contributed by atoms with Gasteiger partial charge in [-0.3, -0.25) is 10.1 Å². The summed E-state index contributed by atoms with van der Waals surface area (Å²) in [5.41, 5.74) is -0.491. The van der Waals surface area contributed by atoms with E-state index < -0.39 is 29.2 Å². The van der Waals surface area contributed by atoms with Crippen LogP contribution in [0.2, 0.25) is 0 Å². The number of amides is 3. The molecule has 6 nitrogen and oxygen atoms in total. The van der Waals surface area contributed by atoms with Crippen molar-refractivity contribution < 1.29 is 22.8 Å². The Morgan fingerprint density at radius 1 is 1.00 bits per heavy atom. The average Bonchev–Trinajstić information content (AvgIpc) is 3.11. The standard InChI is InChI=1S/C19H10F2N2O4S/c20-9-5-6-13(12(21)7-9)22-19(26)23-17(24)15-8-11-16(28-15)10-3-1-2-4-14(10)27-18(11)25/h1-8H,(H2,22,23,24,26). The smallest absolute Gasteiger partial charge is 0.345 e. The lowest BCUT2D eigenvalue weighted by molar-refractivity contribution is 0.0971. The molecule has 28 heavy (non-hydrogen) atoms. The molecule has 2 aromatic carbocycles. The van der Waals surface area contributed by atoms with Crippen LogP contribution in [-0.4, -0.2) is 11.9 Å². The molecule has 9 heteroatoms. The van der Waals surface area contributed by atoms with Gasteiger partial charge < -0.3 is 9.73 Å². The van der Waals surface area contributed by atoms with E-state index in [0.29, 0.717) is 21.7 Å². The zero-order valence-corrected chi connectivity index (χ0v) is 14.7. The normalized spacial score (nSPS) is 10.9. The molecule has 0 bridgehead atoms. The van der Waals surface area contributed by atoms with Crippen LogP contribution in [0.3, 0.4) is 0 Å². The molecule has 0 spiro atoms. The molecule has 2 heterocycles. The van der Waals surface area contributed by atoms with E-state index in [4.69, 9.17) is 4.42 Å². The van der Waals surface area contributed by atoms with Crippen molar-refractivity contribution in [2.75, 3.05) is 5.32 Å². The second-order valence-electron chi connectivity index (χ2n) is 5.77. The molecule has 2 aromatic heterocycles. The molecular formula is C19H10F2N2O4S. The summed E-state index contributed by atoms with van der Waals surface area (Å²) >= 11 is 1.03. The molecule has 0 saturated heterocycles. The monoisotopic (exact) mass is 400 g/mol. The maximum absolute atomic E-state index is 13.6. The Bertz CT molecular complexity index is 1310. The SMILES string of the molecule is O=C(NC(=O)c1cc2c(=O)oc3ccccc3c2s1)Nc1ccc(F)cc1F. The van der Waals surface area contributed by atoms with Crippen molar-refractivity contribution in [2.45, 2.75) is 0 Å². The van der Waals surface area contributed by atoms with Crippen LogP contribution in [-0.2, 0) is 0 Å². The minimum absolute atomic E-state index is 0.105. The molecule has 140 valence electrons. The van der Waals surface area contributed by atoms with E-state index in [1.54, 1.807) is 24.3 Å². The summed E-state index contributed by atoms with van der Waals surface area (Å²) in [4.78, 5) is 36.5. The summed E-state index contributed by atoms with van der Waals surface area (Å²) in [5, 5.41) is 5.05. The van der Waals surface area contributed by atoms with Crippen LogP contribution in [0, 0.1) is 11.6 Å². The summed E-state index contributed by atoms with van der Waals surface area (Å²) in [6.07, 6.45) is 0. The Balaban J connectivity index is 1.60. The first kappa shape index (κ1) is 17.8. The fraction of sp³-hybridized carbons (Fsp3) is 0. The van der Waals surface area contributed by atoms with Crippen molar-refractivity contribution in [3.05, 3.63) is 75.5 Å². The van der Waals surface area contributed by atoms with Crippen LogP contribution in [0.4, 0.5) is 19.3 Å². The van der Waals surface area contributed by atoms with Gasteiger partial charge >= 0.3 is 11.7 Å². The van der Waals surface area contributed by atoms with Gasteiger partial charge in [0.25, 0.3) is 5.91 Å². The topological polar surface area (TPSA) is 88.4 Å². The van der Waals surface area contributed by atoms with Gasteiger partial charge in [-0.1, -0.05) is 12.1 Å². The predicted molar refractivity (Wildman–Crippen MR) is 101 cm³/mol.